The lowest BCUT2D eigenvalue weighted by molar-refractivity contribution is -0.142. The van der Waals surface area contributed by atoms with Gasteiger partial charge in [0.15, 0.2) is 21.4 Å². The molecule has 1 amide bonds. The monoisotopic (exact) mass is 647 g/mol. The van der Waals surface area contributed by atoms with Gasteiger partial charge in [-0.1, -0.05) is 81.1 Å². The van der Waals surface area contributed by atoms with E-state index < -0.39 is 49.8 Å². The third kappa shape index (κ3) is 7.07. The predicted molar refractivity (Wildman–Crippen MR) is 167 cm³/mol. The summed E-state index contributed by atoms with van der Waals surface area (Å²) < 4.78 is 27.5. The zero-order chi connectivity index (χ0) is 31.5. The molecule has 0 spiro atoms. The number of likely N-dealkylation sites (tertiary alicyclic amines) is 1. The lowest BCUT2D eigenvalue weighted by Crippen LogP contribution is -2.46. The number of ketones is 3. The van der Waals surface area contributed by atoms with E-state index in [1.54, 1.807) is 43.3 Å². The molecule has 1 aliphatic carbocycles. The second-order valence-electron chi connectivity index (χ2n) is 12.1. The van der Waals surface area contributed by atoms with E-state index in [0.717, 1.165) is 18.4 Å². The Morgan fingerprint density at radius 3 is 2.21 bits per heavy atom. The first-order chi connectivity index (χ1) is 20.3. The first kappa shape index (κ1) is 33.3. The van der Waals surface area contributed by atoms with Gasteiger partial charge in [0, 0.05) is 30.3 Å². The SMILES string of the molecule is CCCC(C)CC(=O)C(=O)[C@H](CC)CC(=O)[C@@H]1C[C@@H](S(=O)(=O)c2ccccc2Cl)CN1C(=O)C1(c2ccc(Cl)cc2)CC1. The Balaban J connectivity index is 1.62. The summed E-state index contributed by atoms with van der Waals surface area (Å²) in [5, 5.41) is -0.456. The molecule has 2 aromatic carbocycles. The van der Waals surface area contributed by atoms with Crippen molar-refractivity contribution >= 4 is 56.3 Å². The highest BCUT2D eigenvalue weighted by Gasteiger charge is 2.57. The van der Waals surface area contributed by atoms with Crippen LogP contribution in [0, 0.1) is 11.8 Å². The summed E-state index contributed by atoms with van der Waals surface area (Å²) in [6, 6.07) is 12.1. The normalized spacial score (nSPS) is 20.8. The van der Waals surface area contributed by atoms with Crippen LogP contribution in [0.4, 0.5) is 0 Å². The molecule has 232 valence electrons. The van der Waals surface area contributed by atoms with Crippen LogP contribution in [0.2, 0.25) is 10.0 Å². The minimum Gasteiger partial charge on any atom is -0.331 e. The number of sulfone groups is 1. The largest absolute Gasteiger partial charge is 0.331 e. The van der Waals surface area contributed by atoms with Gasteiger partial charge < -0.3 is 4.90 Å². The minimum absolute atomic E-state index is 0.0468. The molecule has 1 unspecified atom stereocenters. The third-order valence-electron chi connectivity index (χ3n) is 8.93. The Labute approximate surface area is 264 Å². The quantitative estimate of drug-likeness (QED) is 0.219. The Morgan fingerprint density at radius 1 is 0.977 bits per heavy atom. The first-order valence-corrected chi connectivity index (χ1v) is 17.3. The van der Waals surface area contributed by atoms with Gasteiger partial charge in [-0.2, -0.15) is 0 Å². The van der Waals surface area contributed by atoms with Gasteiger partial charge in [-0.3, -0.25) is 19.2 Å². The summed E-state index contributed by atoms with van der Waals surface area (Å²) in [5.74, 6) is -2.54. The average molecular weight is 649 g/mol. The highest BCUT2D eigenvalue weighted by atomic mass is 35.5. The molecule has 7 nitrogen and oxygen atoms in total. The summed E-state index contributed by atoms with van der Waals surface area (Å²) >= 11 is 12.3. The van der Waals surface area contributed by atoms with Crippen LogP contribution in [0.3, 0.4) is 0 Å². The molecule has 4 atom stereocenters. The van der Waals surface area contributed by atoms with E-state index in [9.17, 15) is 27.6 Å². The van der Waals surface area contributed by atoms with E-state index in [-0.39, 0.29) is 54.0 Å². The molecule has 43 heavy (non-hydrogen) atoms. The lowest BCUT2D eigenvalue weighted by Gasteiger charge is -2.29. The molecular weight excluding hydrogens is 609 g/mol. The number of nitrogens with zero attached hydrogens (tertiary/aromatic N) is 1. The van der Waals surface area contributed by atoms with E-state index >= 15 is 0 Å². The van der Waals surface area contributed by atoms with Gasteiger partial charge >= 0.3 is 0 Å². The summed E-state index contributed by atoms with van der Waals surface area (Å²) in [6.07, 6.45) is 2.93. The van der Waals surface area contributed by atoms with E-state index in [1.807, 2.05) is 13.8 Å². The number of amides is 1. The number of benzene rings is 2. The molecule has 0 bridgehead atoms. The standard InChI is InChI=1S/C33H39Cl2NO6S/c1-4-8-21(3)17-29(38)31(39)22(5-2)18-28(37)27-19-25(43(41,42)30-10-7-6-9-26(30)35)20-36(27)32(40)33(15-16-33)23-11-13-24(34)14-12-23/h6-7,9-14,21-22,25,27H,4-5,8,15-20H2,1-3H3/t21?,22-,25-,27+/m1/s1. The van der Waals surface area contributed by atoms with Crippen molar-refractivity contribution in [3.63, 3.8) is 0 Å². The van der Waals surface area contributed by atoms with Gasteiger partial charge in [0.05, 0.1) is 26.6 Å². The van der Waals surface area contributed by atoms with Crippen LogP contribution in [0.5, 0.6) is 0 Å². The number of carbonyl (C=O) groups excluding carboxylic acids is 4. The molecule has 2 aromatic rings. The third-order valence-corrected chi connectivity index (χ3v) is 11.8. The number of carbonyl (C=O) groups is 4. The highest BCUT2D eigenvalue weighted by Crippen LogP contribution is 2.51. The van der Waals surface area contributed by atoms with Crippen LogP contribution < -0.4 is 0 Å². The van der Waals surface area contributed by atoms with Crippen molar-refractivity contribution in [2.75, 3.05) is 6.54 Å². The molecule has 4 rings (SSSR count). The van der Waals surface area contributed by atoms with Crippen molar-refractivity contribution in [3.8, 4) is 0 Å². The summed E-state index contributed by atoms with van der Waals surface area (Å²) in [5.41, 5.74) is -0.101. The molecule has 1 heterocycles. The van der Waals surface area contributed by atoms with Crippen LogP contribution in [0.25, 0.3) is 0 Å². The first-order valence-electron chi connectivity index (χ1n) is 15.0. The van der Waals surface area contributed by atoms with Crippen molar-refractivity contribution in [2.24, 2.45) is 11.8 Å². The fourth-order valence-electron chi connectivity index (χ4n) is 6.24. The van der Waals surface area contributed by atoms with Crippen LogP contribution in [0.15, 0.2) is 53.4 Å². The molecule has 1 saturated carbocycles. The molecule has 2 aliphatic rings. The topological polar surface area (TPSA) is 106 Å². The van der Waals surface area contributed by atoms with Crippen molar-refractivity contribution in [1.29, 1.82) is 0 Å². The van der Waals surface area contributed by atoms with Crippen LogP contribution in [0.1, 0.15) is 77.7 Å². The Morgan fingerprint density at radius 2 is 1.63 bits per heavy atom. The zero-order valence-corrected chi connectivity index (χ0v) is 27.2. The number of hydrogen-bond acceptors (Lipinski definition) is 6. The van der Waals surface area contributed by atoms with Gasteiger partial charge in [-0.25, -0.2) is 8.42 Å². The number of hydrogen-bond donors (Lipinski definition) is 0. The van der Waals surface area contributed by atoms with E-state index in [4.69, 9.17) is 23.2 Å². The van der Waals surface area contributed by atoms with E-state index in [2.05, 4.69) is 0 Å². The molecule has 0 N–H and O–H groups in total. The van der Waals surface area contributed by atoms with Crippen LogP contribution in [-0.4, -0.2) is 54.4 Å². The summed E-state index contributed by atoms with van der Waals surface area (Å²) in [4.78, 5) is 55.3. The number of Topliss-reactive ketones (excluding diaryl/α,β-unsaturated/α-hetero) is 3. The van der Waals surface area contributed by atoms with Gasteiger partial charge in [0.2, 0.25) is 11.7 Å². The second kappa shape index (κ2) is 13.6. The molecular formula is C33H39Cl2NO6S. The van der Waals surface area contributed by atoms with Crippen molar-refractivity contribution in [2.45, 2.75) is 93.7 Å². The Bertz CT molecular complexity index is 1480. The second-order valence-corrected chi connectivity index (χ2v) is 15.1. The van der Waals surface area contributed by atoms with Crippen molar-refractivity contribution in [3.05, 3.63) is 64.1 Å². The van der Waals surface area contributed by atoms with Gasteiger partial charge in [-0.05, 0) is 61.4 Å². The predicted octanol–water partition coefficient (Wildman–Crippen LogP) is 6.42. The fraction of sp³-hybridized carbons (Fsp3) is 0.515. The Hall–Kier alpha value is -2.55. The molecule has 1 aliphatic heterocycles. The van der Waals surface area contributed by atoms with Crippen LogP contribution >= 0.6 is 23.2 Å². The average Bonchev–Trinajstić information content (AvgIpc) is 3.65. The van der Waals surface area contributed by atoms with Gasteiger partial charge in [0.1, 0.15) is 0 Å². The Kier molecular flexibility index (Phi) is 10.6. The molecule has 1 saturated heterocycles. The van der Waals surface area contributed by atoms with E-state index in [1.165, 1.54) is 17.0 Å². The van der Waals surface area contributed by atoms with Crippen molar-refractivity contribution < 1.29 is 27.6 Å². The lowest BCUT2D eigenvalue weighted by atomic mass is 9.87. The molecule has 0 radical (unpaired) electrons. The van der Waals surface area contributed by atoms with E-state index in [0.29, 0.717) is 17.9 Å². The fourth-order valence-corrected chi connectivity index (χ4v) is 8.59. The zero-order valence-electron chi connectivity index (χ0n) is 24.9. The number of halogens is 2. The molecule has 0 aromatic heterocycles. The summed E-state index contributed by atoms with van der Waals surface area (Å²) in [6.45, 7) is 5.52. The maximum absolute atomic E-state index is 14.2. The maximum Gasteiger partial charge on any atom is 0.233 e. The molecule has 10 heteroatoms. The number of rotatable bonds is 14. The van der Waals surface area contributed by atoms with Gasteiger partial charge in [-0.15, -0.1) is 0 Å². The van der Waals surface area contributed by atoms with Crippen LogP contribution in [-0.2, 0) is 34.4 Å². The summed E-state index contributed by atoms with van der Waals surface area (Å²) in [7, 11) is -4.00. The van der Waals surface area contributed by atoms with Gasteiger partial charge in [0.25, 0.3) is 0 Å². The van der Waals surface area contributed by atoms with Crippen molar-refractivity contribution in [1.82, 2.24) is 4.90 Å². The molecule has 2 fully saturated rings. The minimum atomic E-state index is -4.00. The smallest absolute Gasteiger partial charge is 0.233 e. The highest BCUT2D eigenvalue weighted by molar-refractivity contribution is 7.92. The maximum atomic E-state index is 14.2.